The van der Waals surface area contributed by atoms with Crippen molar-refractivity contribution in [1.82, 2.24) is 5.43 Å². The minimum Gasteiger partial charge on any atom is -0.323 e. The van der Waals surface area contributed by atoms with E-state index in [1.165, 1.54) is 6.07 Å². The van der Waals surface area contributed by atoms with Crippen LogP contribution in [0.1, 0.15) is 38.3 Å². The predicted molar refractivity (Wildman–Crippen MR) is 76.5 cm³/mol. The van der Waals surface area contributed by atoms with Crippen molar-refractivity contribution in [3.8, 4) is 0 Å². The van der Waals surface area contributed by atoms with E-state index in [0.717, 1.165) is 0 Å². The normalized spacial score (nSPS) is 23.2. The summed E-state index contributed by atoms with van der Waals surface area (Å²) >= 11 is 0. The van der Waals surface area contributed by atoms with Crippen molar-refractivity contribution in [2.45, 2.75) is 32.6 Å². The van der Waals surface area contributed by atoms with Crippen LogP contribution in [0.2, 0.25) is 0 Å². The average molecular weight is 289 g/mol. The van der Waals surface area contributed by atoms with Crippen molar-refractivity contribution in [2.75, 3.05) is 5.32 Å². The molecule has 1 atom stereocenters. The molecule has 0 spiro atoms. The topological polar surface area (TPSA) is 70.6 Å². The van der Waals surface area contributed by atoms with Gasteiger partial charge in [0.25, 0.3) is 0 Å². The second-order valence-corrected chi connectivity index (χ2v) is 6.10. The van der Waals surface area contributed by atoms with Gasteiger partial charge in [-0.1, -0.05) is 6.92 Å². The largest absolute Gasteiger partial charge is 0.323 e. The van der Waals surface area contributed by atoms with E-state index in [9.17, 15) is 14.0 Å². The number of benzene rings is 1. The van der Waals surface area contributed by atoms with Crippen LogP contribution in [0.5, 0.6) is 0 Å². The molecular formula is C15H16FN3O2. The van der Waals surface area contributed by atoms with Crippen LogP contribution in [-0.4, -0.2) is 17.5 Å². The Labute approximate surface area is 121 Å². The number of amides is 2. The van der Waals surface area contributed by atoms with Gasteiger partial charge in [0, 0.05) is 17.9 Å². The first-order chi connectivity index (χ1) is 9.80. The monoisotopic (exact) mass is 289 g/mol. The van der Waals surface area contributed by atoms with Crippen molar-refractivity contribution in [2.24, 2.45) is 11.0 Å². The van der Waals surface area contributed by atoms with Crippen LogP contribution in [0.25, 0.3) is 0 Å². The van der Waals surface area contributed by atoms with Crippen molar-refractivity contribution < 1.29 is 14.0 Å². The summed E-state index contributed by atoms with van der Waals surface area (Å²) in [6, 6.07) is 3.14. The number of fused-ring (bicyclic) bond motifs is 1. The van der Waals surface area contributed by atoms with Gasteiger partial charge in [-0.15, -0.1) is 0 Å². The second-order valence-electron chi connectivity index (χ2n) is 6.10. The summed E-state index contributed by atoms with van der Waals surface area (Å²) in [6.45, 7) is 5.38. The zero-order valence-electron chi connectivity index (χ0n) is 12.1. The fraction of sp³-hybridized carbons (Fsp3) is 0.400. The molecule has 110 valence electrons. The molecule has 0 saturated heterocycles. The molecule has 1 aromatic carbocycles. The molecule has 0 radical (unpaired) electrons. The number of carbonyl (C=O) groups is 2. The number of hydrogen-bond donors (Lipinski definition) is 2. The Morgan fingerprint density at radius 1 is 1.33 bits per heavy atom. The summed E-state index contributed by atoms with van der Waals surface area (Å²) in [5.74, 6) is -0.942. The highest BCUT2D eigenvalue weighted by atomic mass is 19.1. The van der Waals surface area contributed by atoms with Crippen molar-refractivity contribution in [3.63, 3.8) is 0 Å². The van der Waals surface area contributed by atoms with Gasteiger partial charge in [-0.2, -0.15) is 5.10 Å². The smallest absolute Gasteiger partial charge is 0.240 e. The van der Waals surface area contributed by atoms with Crippen LogP contribution in [0.15, 0.2) is 17.2 Å². The molecule has 6 heteroatoms. The number of anilines is 1. The third kappa shape index (κ3) is 2.02. The standard InChI is InChI=1S/C15H16FN3O2/c1-7-4-11(20)18-19-12(7)8-5-9-13(10(16)6-8)17-14(21)15(9,2)3/h5-7H,4H2,1-3H3,(H,17,21)(H,18,20). The number of halogens is 1. The number of hydrazone groups is 1. The van der Waals surface area contributed by atoms with Crippen LogP contribution in [0, 0.1) is 11.7 Å². The quantitative estimate of drug-likeness (QED) is 0.829. The Morgan fingerprint density at radius 3 is 2.71 bits per heavy atom. The predicted octanol–water partition coefficient (Wildman–Crippen LogP) is 1.92. The lowest BCUT2D eigenvalue weighted by Gasteiger charge is -2.21. The molecule has 1 unspecified atom stereocenters. The highest BCUT2D eigenvalue weighted by molar-refractivity contribution is 6.09. The molecule has 0 fully saturated rings. The summed E-state index contributed by atoms with van der Waals surface area (Å²) in [6.07, 6.45) is 0.318. The Balaban J connectivity index is 2.12. The Hall–Kier alpha value is -2.24. The number of rotatable bonds is 1. The van der Waals surface area contributed by atoms with E-state index >= 15 is 0 Å². The lowest BCUT2D eigenvalue weighted by atomic mass is 9.83. The number of nitrogens with one attached hydrogen (secondary N) is 2. The van der Waals surface area contributed by atoms with E-state index in [1.807, 2.05) is 6.92 Å². The molecule has 2 aliphatic rings. The van der Waals surface area contributed by atoms with E-state index in [1.54, 1.807) is 19.9 Å². The maximum atomic E-state index is 14.3. The van der Waals surface area contributed by atoms with E-state index in [-0.39, 0.29) is 23.4 Å². The molecule has 2 aliphatic heterocycles. The summed E-state index contributed by atoms with van der Waals surface area (Å²) in [5.41, 5.74) is 3.73. The summed E-state index contributed by atoms with van der Waals surface area (Å²) in [5, 5.41) is 6.62. The fourth-order valence-electron chi connectivity index (χ4n) is 2.77. The average Bonchev–Trinajstić information content (AvgIpc) is 2.62. The van der Waals surface area contributed by atoms with Gasteiger partial charge in [-0.3, -0.25) is 9.59 Å². The molecule has 21 heavy (non-hydrogen) atoms. The van der Waals surface area contributed by atoms with Gasteiger partial charge in [-0.05, 0) is 31.5 Å². The van der Waals surface area contributed by atoms with Crippen molar-refractivity contribution in [3.05, 3.63) is 29.1 Å². The Bertz CT molecular complexity index is 694. The number of carbonyl (C=O) groups excluding carboxylic acids is 2. The molecule has 0 aromatic heterocycles. The van der Waals surface area contributed by atoms with Crippen LogP contribution in [0.3, 0.4) is 0 Å². The molecule has 2 heterocycles. The van der Waals surface area contributed by atoms with E-state index < -0.39 is 11.2 Å². The van der Waals surface area contributed by atoms with Crippen molar-refractivity contribution in [1.29, 1.82) is 0 Å². The molecular weight excluding hydrogens is 273 g/mol. The number of hydrogen-bond acceptors (Lipinski definition) is 3. The van der Waals surface area contributed by atoms with Gasteiger partial charge in [0.05, 0.1) is 16.8 Å². The molecule has 3 rings (SSSR count). The van der Waals surface area contributed by atoms with Gasteiger partial charge in [-0.25, -0.2) is 9.82 Å². The van der Waals surface area contributed by atoms with Crippen LogP contribution < -0.4 is 10.7 Å². The first-order valence-corrected chi connectivity index (χ1v) is 6.83. The first-order valence-electron chi connectivity index (χ1n) is 6.83. The summed E-state index contributed by atoms with van der Waals surface area (Å²) in [7, 11) is 0. The Kier molecular flexibility index (Phi) is 2.86. The summed E-state index contributed by atoms with van der Waals surface area (Å²) in [4.78, 5) is 23.2. The van der Waals surface area contributed by atoms with E-state index in [4.69, 9.17) is 0 Å². The van der Waals surface area contributed by atoms with Gasteiger partial charge >= 0.3 is 0 Å². The number of nitrogens with zero attached hydrogens (tertiary/aromatic N) is 1. The highest BCUT2D eigenvalue weighted by Crippen LogP contribution is 2.40. The lowest BCUT2D eigenvalue weighted by molar-refractivity contribution is -0.122. The Morgan fingerprint density at radius 2 is 2.05 bits per heavy atom. The van der Waals surface area contributed by atoms with Gasteiger partial charge in [0.2, 0.25) is 11.8 Å². The van der Waals surface area contributed by atoms with Crippen LogP contribution in [-0.2, 0) is 15.0 Å². The maximum Gasteiger partial charge on any atom is 0.240 e. The lowest BCUT2D eigenvalue weighted by Crippen LogP contribution is -2.32. The highest BCUT2D eigenvalue weighted by Gasteiger charge is 2.40. The minimum atomic E-state index is -0.784. The van der Waals surface area contributed by atoms with Gasteiger partial charge < -0.3 is 5.32 Å². The SMILES string of the molecule is CC1CC(=O)NN=C1c1cc(F)c2c(c1)C(C)(C)C(=O)N2. The van der Waals surface area contributed by atoms with Crippen molar-refractivity contribution >= 4 is 23.2 Å². The molecule has 0 saturated carbocycles. The first kappa shape index (κ1) is 13.7. The van der Waals surface area contributed by atoms with Gasteiger partial charge in [0.1, 0.15) is 5.82 Å². The zero-order chi connectivity index (χ0) is 15.4. The molecule has 5 nitrogen and oxygen atoms in total. The summed E-state index contributed by atoms with van der Waals surface area (Å²) < 4.78 is 14.3. The molecule has 0 aliphatic carbocycles. The molecule has 2 amide bonds. The van der Waals surface area contributed by atoms with Gasteiger partial charge in [0.15, 0.2) is 0 Å². The fourth-order valence-corrected chi connectivity index (χ4v) is 2.77. The molecule has 2 N–H and O–H groups in total. The molecule has 0 bridgehead atoms. The minimum absolute atomic E-state index is 0.0932. The third-order valence-corrected chi connectivity index (χ3v) is 4.12. The van der Waals surface area contributed by atoms with E-state index in [2.05, 4.69) is 15.8 Å². The zero-order valence-corrected chi connectivity index (χ0v) is 12.1. The third-order valence-electron chi connectivity index (χ3n) is 4.12. The van der Waals surface area contributed by atoms with Crippen LogP contribution >= 0.6 is 0 Å². The van der Waals surface area contributed by atoms with Crippen LogP contribution in [0.4, 0.5) is 10.1 Å². The molecule has 1 aromatic rings. The maximum absolute atomic E-state index is 14.3. The second kappa shape index (κ2) is 4.38. The van der Waals surface area contributed by atoms with E-state index in [0.29, 0.717) is 23.3 Å².